The standard InChI is InChI=1S/C8H8N4O3S/c9-16(13,14)15-8-3-1-7(2-4-8)12-6-10-5-11-12/h1-6H,(H2,9,13,14). The van der Waals surface area contributed by atoms with Gasteiger partial charge in [-0.3, -0.25) is 0 Å². The van der Waals surface area contributed by atoms with E-state index in [0.29, 0.717) is 0 Å². The summed E-state index contributed by atoms with van der Waals surface area (Å²) in [6.45, 7) is 0. The van der Waals surface area contributed by atoms with Crippen LogP contribution in [0, 0.1) is 0 Å². The minimum Gasteiger partial charge on any atom is -0.371 e. The summed E-state index contributed by atoms with van der Waals surface area (Å²) in [5.41, 5.74) is 0.735. The Morgan fingerprint density at radius 1 is 1.25 bits per heavy atom. The quantitative estimate of drug-likeness (QED) is 0.804. The minimum atomic E-state index is -3.98. The van der Waals surface area contributed by atoms with E-state index in [1.807, 2.05) is 0 Å². The third-order valence-corrected chi connectivity index (χ3v) is 2.16. The predicted octanol–water partition coefficient (Wildman–Crippen LogP) is -0.150. The Bertz CT molecular complexity index is 562. The van der Waals surface area contributed by atoms with Crippen LogP contribution in [0.2, 0.25) is 0 Å². The monoisotopic (exact) mass is 240 g/mol. The number of nitrogens with two attached hydrogens (primary N) is 1. The zero-order chi connectivity index (χ0) is 11.6. The average Bonchev–Trinajstić information content (AvgIpc) is 2.69. The molecule has 16 heavy (non-hydrogen) atoms. The molecular weight excluding hydrogens is 232 g/mol. The van der Waals surface area contributed by atoms with Crippen LogP contribution in [-0.4, -0.2) is 23.2 Å². The first-order valence-corrected chi connectivity index (χ1v) is 5.69. The molecule has 7 nitrogen and oxygen atoms in total. The Labute approximate surface area is 91.7 Å². The van der Waals surface area contributed by atoms with E-state index in [0.717, 1.165) is 5.69 Å². The molecule has 0 saturated heterocycles. The summed E-state index contributed by atoms with van der Waals surface area (Å²) in [6, 6.07) is 6.22. The topological polar surface area (TPSA) is 100 Å². The number of hydrogen-bond donors (Lipinski definition) is 1. The lowest BCUT2D eigenvalue weighted by atomic mass is 10.3. The molecule has 2 N–H and O–H groups in total. The van der Waals surface area contributed by atoms with E-state index in [1.165, 1.54) is 29.5 Å². The summed E-state index contributed by atoms with van der Waals surface area (Å²) in [5, 5.41) is 8.64. The Kier molecular flexibility index (Phi) is 2.59. The third kappa shape index (κ3) is 2.55. The fourth-order valence-corrected chi connectivity index (χ4v) is 1.51. The molecule has 2 aromatic rings. The van der Waals surface area contributed by atoms with Crippen LogP contribution in [0.1, 0.15) is 0 Å². The van der Waals surface area contributed by atoms with Crippen molar-refractivity contribution >= 4 is 10.3 Å². The lowest BCUT2D eigenvalue weighted by Crippen LogP contribution is -2.18. The van der Waals surface area contributed by atoms with Gasteiger partial charge in [0.2, 0.25) is 0 Å². The van der Waals surface area contributed by atoms with E-state index in [9.17, 15) is 8.42 Å². The van der Waals surface area contributed by atoms with Gasteiger partial charge in [-0.2, -0.15) is 18.7 Å². The van der Waals surface area contributed by atoms with Crippen molar-refractivity contribution in [1.82, 2.24) is 14.8 Å². The van der Waals surface area contributed by atoms with Gasteiger partial charge in [0.05, 0.1) is 5.69 Å². The van der Waals surface area contributed by atoms with Crippen LogP contribution in [0.15, 0.2) is 36.9 Å². The van der Waals surface area contributed by atoms with Crippen molar-refractivity contribution in [2.24, 2.45) is 5.14 Å². The lowest BCUT2D eigenvalue weighted by molar-refractivity contribution is 0.487. The van der Waals surface area contributed by atoms with E-state index < -0.39 is 10.3 Å². The normalized spacial score (nSPS) is 11.3. The molecule has 0 spiro atoms. The van der Waals surface area contributed by atoms with Crippen LogP contribution in [0.5, 0.6) is 5.75 Å². The van der Waals surface area contributed by atoms with Gasteiger partial charge in [-0.15, -0.1) is 0 Å². The smallest absolute Gasteiger partial charge is 0.371 e. The van der Waals surface area contributed by atoms with Crippen molar-refractivity contribution in [3.05, 3.63) is 36.9 Å². The van der Waals surface area contributed by atoms with Crippen molar-refractivity contribution < 1.29 is 12.6 Å². The fourth-order valence-electron chi connectivity index (χ4n) is 1.13. The number of aromatic nitrogens is 3. The van der Waals surface area contributed by atoms with Crippen LogP contribution >= 0.6 is 0 Å². The van der Waals surface area contributed by atoms with Gasteiger partial charge in [0.1, 0.15) is 18.4 Å². The summed E-state index contributed by atoms with van der Waals surface area (Å²) in [7, 11) is -3.98. The fraction of sp³-hybridized carbons (Fsp3) is 0. The van der Waals surface area contributed by atoms with Gasteiger partial charge in [-0.05, 0) is 24.3 Å². The molecule has 0 fully saturated rings. The van der Waals surface area contributed by atoms with Crippen LogP contribution < -0.4 is 9.32 Å². The van der Waals surface area contributed by atoms with Gasteiger partial charge in [0, 0.05) is 0 Å². The van der Waals surface area contributed by atoms with Crippen LogP contribution in [0.3, 0.4) is 0 Å². The molecule has 84 valence electrons. The van der Waals surface area contributed by atoms with E-state index in [2.05, 4.69) is 14.3 Å². The second kappa shape index (κ2) is 3.91. The van der Waals surface area contributed by atoms with Gasteiger partial charge < -0.3 is 4.18 Å². The molecule has 0 unspecified atom stereocenters. The van der Waals surface area contributed by atoms with Crippen LogP contribution in [0.25, 0.3) is 5.69 Å². The van der Waals surface area contributed by atoms with Gasteiger partial charge in [-0.25, -0.2) is 9.67 Å². The third-order valence-electron chi connectivity index (χ3n) is 1.73. The second-order valence-electron chi connectivity index (χ2n) is 2.91. The van der Waals surface area contributed by atoms with Crippen molar-refractivity contribution in [3.8, 4) is 11.4 Å². The number of hydrogen-bond acceptors (Lipinski definition) is 5. The average molecular weight is 240 g/mol. The molecule has 1 aromatic heterocycles. The molecule has 0 aliphatic rings. The summed E-state index contributed by atoms with van der Waals surface area (Å²) in [6.07, 6.45) is 2.92. The second-order valence-corrected chi connectivity index (χ2v) is 4.06. The number of nitrogens with zero attached hydrogens (tertiary/aromatic N) is 3. The molecule has 8 heteroatoms. The molecule has 0 radical (unpaired) electrons. The molecule has 1 heterocycles. The Balaban J connectivity index is 2.24. The Morgan fingerprint density at radius 2 is 1.94 bits per heavy atom. The predicted molar refractivity (Wildman–Crippen MR) is 55.1 cm³/mol. The maximum absolute atomic E-state index is 10.6. The maximum atomic E-state index is 10.6. The SMILES string of the molecule is NS(=O)(=O)Oc1ccc(-n2cncn2)cc1. The van der Waals surface area contributed by atoms with E-state index in [4.69, 9.17) is 5.14 Å². The highest BCUT2D eigenvalue weighted by Gasteiger charge is 2.04. The summed E-state index contributed by atoms with van der Waals surface area (Å²) < 4.78 is 27.3. The van der Waals surface area contributed by atoms with Gasteiger partial charge >= 0.3 is 10.3 Å². The van der Waals surface area contributed by atoms with Crippen LogP contribution in [-0.2, 0) is 10.3 Å². The molecule has 0 atom stereocenters. The van der Waals surface area contributed by atoms with E-state index in [-0.39, 0.29) is 5.75 Å². The molecule has 0 aliphatic heterocycles. The molecule has 2 rings (SSSR count). The zero-order valence-electron chi connectivity index (χ0n) is 8.02. The Morgan fingerprint density at radius 3 is 2.44 bits per heavy atom. The highest BCUT2D eigenvalue weighted by atomic mass is 32.2. The lowest BCUT2D eigenvalue weighted by Gasteiger charge is -2.03. The highest BCUT2D eigenvalue weighted by molar-refractivity contribution is 7.84. The molecule has 0 amide bonds. The molecule has 0 aliphatic carbocycles. The van der Waals surface area contributed by atoms with E-state index in [1.54, 1.807) is 12.1 Å². The summed E-state index contributed by atoms with van der Waals surface area (Å²) in [4.78, 5) is 3.79. The van der Waals surface area contributed by atoms with Crippen molar-refractivity contribution in [1.29, 1.82) is 0 Å². The highest BCUT2D eigenvalue weighted by Crippen LogP contribution is 2.15. The van der Waals surface area contributed by atoms with Gasteiger partial charge in [0.15, 0.2) is 0 Å². The molecule has 0 saturated carbocycles. The molecule has 1 aromatic carbocycles. The zero-order valence-corrected chi connectivity index (χ0v) is 8.83. The minimum absolute atomic E-state index is 0.145. The summed E-state index contributed by atoms with van der Waals surface area (Å²) >= 11 is 0. The first-order valence-electron chi connectivity index (χ1n) is 4.22. The van der Waals surface area contributed by atoms with E-state index >= 15 is 0 Å². The first-order chi connectivity index (χ1) is 7.54. The van der Waals surface area contributed by atoms with Gasteiger partial charge in [0.25, 0.3) is 0 Å². The Hall–Kier alpha value is -1.93. The van der Waals surface area contributed by atoms with Crippen molar-refractivity contribution in [2.75, 3.05) is 0 Å². The van der Waals surface area contributed by atoms with Gasteiger partial charge in [-0.1, -0.05) is 0 Å². The largest absolute Gasteiger partial charge is 0.380 e. The first kappa shape index (κ1) is 10.6. The maximum Gasteiger partial charge on any atom is 0.380 e. The van der Waals surface area contributed by atoms with Crippen molar-refractivity contribution in [2.45, 2.75) is 0 Å². The molecule has 0 bridgehead atoms. The number of rotatable bonds is 3. The number of benzene rings is 1. The van der Waals surface area contributed by atoms with Crippen LogP contribution in [0.4, 0.5) is 0 Å². The summed E-state index contributed by atoms with van der Waals surface area (Å²) in [5.74, 6) is 0.145. The van der Waals surface area contributed by atoms with Crippen molar-refractivity contribution in [3.63, 3.8) is 0 Å². The molecular formula is C8H8N4O3S.